The first kappa shape index (κ1) is 13.6. The molecule has 0 saturated heterocycles. The van der Waals surface area contributed by atoms with Crippen LogP contribution in [0, 0.1) is 17.8 Å². The molecule has 0 aliphatic rings. The monoisotopic (exact) mass is 231 g/mol. The van der Waals surface area contributed by atoms with E-state index in [1.165, 1.54) is 5.56 Å². The molecule has 1 aromatic carbocycles. The Labute approximate surface area is 104 Å². The van der Waals surface area contributed by atoms with Crippen molar-refractivity contribution in [3.8, 4) is 17.6 Å². The van der Waals surface area contributed by atoms with Crippen LogP contribution in [-0.4, -0.2) is 13.2 Å². The van der Waals surface area contributed by atoms with E-state index >= 15 is 0 Å². The Kier molecular flexibility index (Phi) is 6.21. The maximum atomic E-state index is 5.51. The Morgan fingerprint density at radius 1 is 1.35 bits per heavy atom. The van der Waals surface area contributed by atoms with E-state index in [1.807, 2.05) is 19.1 Å². The fraction of sp³-hybridized carbons (Fsp3) is 0.467. The van der Waals surface area contributed by atoms with Gasteiger partial charge in [-0.05, 0) is 37.1 Å². The van der Waals surface area contributed by atoms with Crippen LogP contribution in [0.1, 0.15) is 26.3 Å². The van der Waals surface area contributed by atoms with Crippen LogP contribution in [0.25, 0.3) is 0 Å². The SMILES string of the molecule is CC#CCOc1cccc(CNCC(C)C)c1. The van der Waals surface area contributed by atoms with Crippen molar-refractivity contribution >= 4 is 0 Å². The summed E-state index contributed by atoms with van der Waals surface area (Å²) >= 11 is 0. The number of hydrogen-bond acceptors (Lipinski definition) is 2. The van der Waals surface area contributed by atoms with Gasteiger partial charge in [0.1, 0.15) is 12.4 Å². The highest BCUT2D eigenvalue weighted by Crippen LogP contribution is 2.13. The molecule has 0 fully saturated rings. The third-order valence-electron chi connectivity index (χ3n) is 2.27. The summed E-state index contributed by atoms with van der Waals surface area (Å²) in [6.45, 7) is 8.60. The molecule has 0 unspecified atom stereocenters. The van der Waals surface area contributed by atoms with Crippen molar-refractivity contribution in [1.29, 1.82) is 0 Å². The van der Waals surface area contributed by atoms with Gasteiger partial charge in [0.25, 0.3) is 0 Å². The first-order valence-corrected chi connectivity index (χ1v) is 6.04. The molecule has 0 heterocycles. The molecule has 0 spiro atoms. The van der Waals surface area contributed by atoms with Crippen LogP contribution in [0.15, 0.2) is 24.3 Å². The Bertz CT molecular complexity index is 387. The second-order valence-corrected chi connectivity index (χ2v) is 4.39. The van der Waals surface area contributed by atoms with Crippen molar-refractivity contribution in [2.24, 2.45) is 5.92 Å². The Hall–Kier alpha value is -1.46. The van der Waals surface area contributed by atoms with Gasteiger partial charge in [-0.2, -0.15) is 0 Å². The van der Waals surface area contributed by atoms with Gasteiger partial charge in [0.05, 0.1) is 0 Å². The molecule has 0 atom stereocenters. The lowest BCUT2D eigenvalue weighted by Crippen LogP contribution is -2.18. The van der Waals surface area contributed by atoms with E-state index in [9.17, 15) is 0 Å². The van der Waals surface area contributed by atoms with Gasteiger partial charge in [0.2, 0.25) is 0 Å². The van der Waals surface area contributed by atoms with Crippen LogP contribution in [0.5, 0.6) is 5.75 Å². The van der Waals surface area contributed by atoms with Crippen molar-refractivity contribution in [3.63, 3.8) is 0 Å². The van der Waals surface area contributed by atoms with E-state index in [0.29, 0.717) is 12.5 Å². The van der Waals surface area contributed by atoms with Gasteiger partial charge in [-0.3, -0.25) is 0 Å². The molecule has 17 heavy (non-hydrogen) atoms. The lowest BCUT2D eigenvalue weighted by atomic mass is 10.2. The molecule has 2 nitrogen and oxygen atoms in total. The van der Waals surface area contributed by atoms with E-state index in [1.54, 1.807) is 0 Å². The summed E-state index contributed by atoms with van der Waals surface area (Å²) in [6, 6.07) is 8.14. The molecule has 0 amide bonds. The van der Waals surface area contributed by atoms with Crippen molar-refractivity contribution in [2.75, 3.05) is 13.2 Å². The first-order valence-electron chi connectivity index (χ1n) is 6.04. The molecule has 0 aromatic heterocycles. The number of ether oxygens (including phenoxy) is 1. The third-order valence-corrected chi connectivity index (χ3v) is 2.27. The summed E-state index contributed by atoms with van der Waals surface area (Å²) in [5, 5.41) is 3.41. The standard InChI is InChI=1S/C15H21NO/c1-4-5-9-17-15-8-6-7-14(10-15)12-16-11-13(2)3/h6-8,10,13,16H,9,11-12H2,1-3H3. The molecule has 1 rings (SSSR count). The summed E-state index contributed by atoms with van der Waals surface area (Å²) in [5.41, 5.74) is 1.24. The van der Waals surface area contributed by atoms with Gasteiger partial charge < -0.3 is 10.1 Å². The van der Waals surface area contributed by atoms with Crippen LogP contribution in [0.3, 0.4) is 0 Å². The number of hydrogen-bond donors (Lipinski definition) is 1. The smallest absolute Gasteiger partial charge is 0.149 e. The number of rotatable bonds is 6. The Morgan fingerprint density at radius 2 is 2.18 bits per heavy atom. The molecule has 0 saturated carbocycles. The topological polar surface area (TPSA) is 21.3 Å². The van der Waals surface area contributed by atoms with Gasteiger partial charge in [0, 0.05) is 6.54 Å². The van der Waals surface area contributed by atoms with Crippen molar-refractivity contribution < 1.29 is 4.74 Å². The fourth-order valence-electron chi connectivity index (χ4n) is 1.44. The lowest BCUT2D eigenvalue weighted by Gasteiger charge is -2.08. The van der Waals surface area contributed by atoms with Crippen molar-refractivity contribution in [2.45, 2.75) is 27.3 Å². The number of benzene rings is 1. The molecule has 0 bridgehead atoms. The molecular weight excluding hydrogens is 210 g/mol. The summed E-state index contributed by atoms with van der Waals surface area (Å²) < 4.78 is 5.51. The van der Waals surface area contributed by atoms with E-state index < -0.39 is 0 Å². The minimum Gasteiger partial charge on any atom is -0.481 e. The van der Waals surface area contributed by atoms with Gasteiger partial charge in [-0.1, -0.05) is 31.9 Å². The molecular formula is C15H21NO. The zero-order valence-corrected chi connectivity index (χ0v) is 10.9. The van der Waals surface area contributed by atoms with Crippen LogP contribution in [0.2, 0.25) is 0 Å². The van der Waals surface area contributed by atoms with Gasteiger partial charge in [-0.15, -0.1) is 5.92 Å². The highest BCUT2D eigenvalue weighted by molar-refractivity contribution is 5.28. The minimum absolute atomic E-state index is 0.458. The summed E-state index contributed by atoms with van der Waals surface area (Å²) in [7, 11) is 0. The van der Waals surface area contributed by atoms with E-state index in [2.05, 4.69) is 43.1 Å². The molecule has 92 valence electrons. The highest BCUT2D eigenvalue weighted by atomic mass is 16.5. The fourth-order valence-corrected chi connectivity index (χ4v) is 1.44. The summed E-state index contributed by atoms with van der Waals surface area (Å²) in [6.07, 6.45) is 0. The molecule has 0 aliphatic heterocycles. The van der Waals surface area contributed by atoms with Crippen molar-refractivity contribution in [1.82, 2.24) is 5.32 Å². The van der Waals surface area contributed by atoms with Crippen molar-refractivity contribution in [3.05, 3.63) is 29.8 Å². The first-order chi connectivity index (χ1) is 8.22. The predicted molar refractivity (Wildman–Crippen MR) is 71.9 cm³/mol. The Balaban J connectivity index is 2.44. The average Bonchev–Trinajstić information content (AvgIpc) is 2.29. The molecule has 1 N–H and O–H groups in total. The normalized spacial score (nSPS) is 9.88. The van der Waals surface area contributed by atoms with Gasteiger partial charge in [0.15, 0.2) is 0 Å². The molecule has 2 heteroatoms. The summed E-state index contributed by atoms with van der Waals surface area (Å²) in [4.78, 5) is 0. The second-order valence-electron chi connectivity index (χ2n) is 4.39. The van der Waals surface area contributed by atoms with Gasteiger partial charge in [-0.25, -0.2) is 0 Å². The molecule has 0 radical (unpaired) electrons. The van der Waals surface area contributed by atoms with E-state index in [4.69, 9.17) is 4.74 Å². The highest BCUT2D eigenvalue weighted by Gasteiger charge is 1.97. The number of nitrogens with one attached hydrogen (secondary N) is 1. The molecule has 0 aliphatic carbocycles. The summed E-state index contributed by atoms with van der Waals surface area (Å²) in [5.74, 6) is 7.26. The Morgan fingerprint density at radius 3 is 2.88 bits per heavy atom. The van der Waals surface area contributed by atoms with E-state index in [-0.39, 0.29) is 0 Å². The zero-order valence-electron chi connectivity index (χ0n) is 10.9. The quantitative estimate of drug-likeness (QED) is 0.760. The maximum Gasteiger partial charge on any atom is 0.149 e. The maximum absolute atomic E-state index is 5.51. The van der Waals surface area contributed by atoms with E-state index in [0.717, 1.165) is 18.8 Å². The minimum atomic E-state index is 0.458. The second kappa shape index (κ2) is 7.76. The average molecular weight is 231 g/mol. The van der Waals surface area contributed by atoms with Gasteiger partial charge >= 0.3 is 0 Å². The van der Waals surface area contributed by atoms with Crippen LogP contribution < -0.4 is 10.1 Å². The van der Waals surface area contributed by atoms with Crippen LogP contribution in [0.4, 0.5) is 0 Å². The van der Waals surface area contributed by atoms with Crippen LogP contribution in [-0.2, 0) is 6.54 Å². The predicted octanol–water partition coefficient (Wildman–Crippen LogP) is 2.83. The largest absolute Gasteiger partial charge is 0.481 e. The lowest BCUT2D eigenvalue weighted by molar-refractivity contribution is 0.369. The van der Waals surface area contributed by atoms with Crippen LogP contribution >= 0.6 is 0 Å². The molecule has 1 aromatic rings. The third kappa shape index (κ3) is 5.99. The zero-order chi connectivity index (χ0) is 12.5.